The molecule has 0 aliphatic carbocycles. The van der Waals surface area contributed by atoms with Crippen LogP contribution in [0.4, 0.5) is 0 Å². The van der Waals surface area contributed by atoms with E-state index in [2.05, 4.69) is 17.2 Å². The Balaban J connectivity index is 2.63. The molecule has 0 aromatic heterocycles. The van der Waals surface area contributed by atoms with Crippen LogP contribution in [0.25, 0.3) is 0 Å². The SMILES string of the molecule is CC(CCNC(=O)c1ccc(C#CCN)c(Cl)c1)S(C)=O. The third-order valence-electron chi connectivity index (χ3n) is 2.96. The van der Waals surface area contributed by atoms with Gasteiger partial charge in [-0.3, -0.25) is 9.00 Å². The van der Waals surface area contributed by atoms with Gasteiger partial charge in [-0.2, -0.15) is 0 Å². The highest BCUT2D eigenvalue weighted by molar-refractivity contribution is 7.84. The van der Waals surface area contributed by atoms with Gasteiger partial charge in [-0.15, -0.1) is 0 Å². The molecule has 1 aromatic rings. The van der Waals surface area contributed by atoms with Gasteiger partial charge in [0.05, 0.1) is 11.6 Å². The molecule has 0 aliphatic rings. The Morgan fingerprint density at radius 3 is 2.81 bits per heavy atom. The summed E-state index contributed by atoms with van der Waals surface area (Å²) in [5.41, 5.74) is 6.42. The highest BCUT2D eigenvalue weighted by Crippen LogP contribution is 2.17. The fraction of sp³-hybridized carbons (Fsp3) is 0.400. The number of rotatable bonds is 5. The second-order valence-electron chi connectivity index (χ2n) is 4.55. The van der Waals surface area contributed by atoms with Gasteiger partial charge >= 0.3 is 0 Å². The molecule has 0 heterocycles. The topological polar surface area (TPSA) is 72.2 Å². The molecule has 2 unspecified atom stereocenters. The van der Waals surface area contributed by atoms with E-state index in [-0.39, 0.29) is 17.7 Å². The molecule has 0 radical (unpaired) electrons. The van der Waals surface area contributed by atoms with Crippen LogP contribution in [0.2, 0.25) is 5.02 Å². The van der Waals surface area contributed by atoms with Crippen molar-refractivity contribution >= 4 is 28.3 Å². The van der Waals surface area contributed by atoms with Crippen molar-refractivity contribution in [1.82, 2.24) is 5.32 Å². The fourth-order valence-corrected chi connectivity index (χ4v) is 2.24. The minimum atomic E-state index is -0.878. The lowest BCUT2D eigenvalue weighted by molar-refractivity contribution is 0.0953. The van der Waals surface area contributed by atoms with Gasteiger partial charge in [0, 0.05) is 40.0 Å². The predicted octanol–water partition coefficient (Wildman–Crippen LogP) is 1.54. The maximum absolute atomic E-state index is 12.0. The van der Waals surface area contributed by atoms with Crippen molar-refractivity contribution in [2.45, 2.75) is 18.6 Å². The van der Waals surface area contributed by atoms with Crippen LogP contribution >= 0.6 is 11.6 Å². The maximum atomic E-state index is 12.0. The molecule has 1 rings (SSSR count). The van der Waals surface area contributed by atoms with Crippen LogP contribution in [-0.4, -0.2) is 34.7 Å². The largest absolute Gasteiger partial charge is 0.352 e. The smallest absolute Gasteiger partial charge is 0.251 e. The van der Waals surface area contributed by atoms with Crippen molar-refractivity contribution in [2.75, 3.05) is 19.3 Å². The number of hydrogen-bond acceptors (Lipinski definition) is 3. The predicted molar refractivity (Wildman–Crippen MR) is 87.9 cm³/mol. The zero-order valence-electron chi connectivity index (χ0n) is 12.1. The average Bonchev–Trinajstić information content (AvgIpc) is 2.45. The summed E-state index contributed by atoms with van der Waals surface area (Å²) in [5.74, 6) is 5.35. The summed E-state index contributed by atoms with van der Waals surface area (Å²) in [6.45, 7) is 2.63. The van der Waals surface area contributed by atoms with Crippen LogP contribution < -0.4 is 11.1 Å². The van der Waals surface area contributed by atoms with Gasteiger partial charge in [0.15, 0.2) is 0 Å². The first kappa shape index (κ1) is 17.7. The number of benzene rings is 1. The summed E-state index contributed by atoms with van der Waals surface area (Å²) in [7, 11) is -0.878. The molecule has 1 aromatic carbocycles. The number of carbonyl (C=O) groups excluding carboxylic acids is 1. The molecule has 6 heteroatoms. The van der Waals surface area contributed by atoms with Crippen molar-refractivity contribution in [2.24, 2.45) is 5.73 Å². The summed E-state index contributed by atoms with van der Waals surface area (Å²) >= 11 is 6.07. The molecule has 0 fully saturated rings. The second-order valence-corrected chi connectivity index (χ2v) is 6.76. The van der Waals surface area contributed by atoms with E-state index in [1.807, 2.05) is 6.92 Å². The highest BCUT2D eigenvalue weighted by atomic mass is 35.5. The summed E-state index contributed by atoms with van der Waals surface area (Å²) < 4.78 is 11.2. The van der Waals surface area contributed by atoms with Crippen molar-refractivity contribution in [3.63, 3.8) is 0 Å². The van der Waals surface area contributed by atoms with Gasteiger partial charge in [-0.25, -0.2) is 0 Å². The molecule has 0 aliphatic heterocycles. The second kappa shape index (κ2) is 8.83. The maximum Gasteiger partial charge on any atom is 0.251 e. The number of amides is 1. The van der Waals surface area contributed by atoms with Gasteiger partial charge in [-0.1, -0.05) is 30.4 Å². The van der Waals surface area contributed by atoms with Crippen LogP contribution in [0.1, 0.15) is 29.3 Å². The summed E-state index contributed by atoms with van der Waals surface area (Å²) in [5, 5.41) is 3.27. The van der Waals surface area contributed by atoms with E-state index in [1.165, 1.54) is 0 Å². The third kappa shape index (κ3) is 5.88. The lowest BCUT2D eigenvalue weighted by atomic mass is 10.1. The van der Waals surface area contributed by atoms with Crippen molar-refractivity contribution in [1.29, 1.82) is 0 Å². The Bertz CT molecular complexity index is 593. The first-order valence-corrected chi connectivity index (χ1v) is 8.54. The van der Waals surface area contributed by atoms with E-state index < -0.39 is 10.8 Å². The number of halogens is 1. The first-order chi connectivity index (χ1) is 9.95. The number of carbonyl (C=O) groups is 1. The van der Waals surface area contributed by atoms with E-state index >= 15 is 0 Å². The molecule has 0 saturated carbocycles. The van der Waals surface area contributed by atoms with Crippen LogP contribution in [0.15, 0.2) is 18.2 Å². The van der Waals surface area contributed by atoms with E-state index in [0.717, 1.165) is 0 Å². The lowest BCUT2D eigenvalue weighted by Gasteiger charge is -2.09. The van der Waals surface area contributed by atoms with Crippen molar-refractivity contribution in [3.05, 3.63) is 34.3 Å². The Hall–Kier alpha value is -1.35. The van der Waals surface area contributed by atoms with Crippen molar-refractivity contribution in [3.8, 4) is 11.8 Å². The lowest BCUT2D eigenvalue weighted by Crippen LogP contribution is -2.27. The minimum Gasteiger partial charge on any atom is -0.352 e. The third-order valence-corrected chi connectivity index (χ3v) is 4.64. The first-order valence-electron chi connectivity index (χ1n) is 6.54. The number of hydrogen-bond donors (Lipinski definition) is 2. The Morgan fingerprint density at radius 2 is 2.24 bits per heavy atom. The molecule has 114 valence electrons. The molecule has 4 nitrogen and oxygen atoms in total. The van der Waals surface area contributed by atoms with Gasteiger partial charge in [0.1, 0.15) is 0 Å². The number of nitrogens with two attached hydrogens (primary N) is 1. The molecular formula is C15H19ClN2O2S. The highest BCUT2D eigenvalue weighted by Gasteiger charge is 2.10. The monoisotopic (exact) mass is 326 g/mol. The molecule has 21 heavy (non-hydrogen) atoms. The normalized spacial score (nSPS) is 13.0. The van der Waals surface area contributed by atoms with Gasteiger partial charge in [0.25, 0.3) is 5.91 Å². The van der Waals surface area contributed by atoms with Crippen LogP contribution in [0.3, 0.4) is 0 Å². The van der Waals surface area contributed by atoms with E-state index in [0.29, 0.717) is 29.1 Å². The zero-order chi connectivity index (χ0) is 15.8. The summed E-state index contributed by atoms with van der Waals surface area (Å²) in [6, 6.07) is 4.95. The van der Waals surface area contributed by atoms with Gasteiger partial charge in [0.2, 0.25) is 0 Å². The standard InChI is InChI=1S/C15H19ClN2O2S/c1-11(21(2)20)7-9-18-15(19)13-6-5-12(4-3-8-17)14(16)10-13/h5-6,10-11H,7-9,17H2,1-2H3,(H,18,19). The molecule has 2 atom stereocenters. The Labute approximate surface area is 132 Å². The molecule has 3 N–H and O–H groups in total. The van der Waals surface area contributed by atoms with Gasteiger partial charge in [-0.05, 0) is 24.6 Å². The Morgan fingerprint density at radius 1 is 1.52 bits per heavy atom. The molecular weight excluding hydrogens is 308 g/mol. The molecule has 1 amide bonds. The average molecular weight is 327 g/mol. The Kier molecular flexibility index (Phi) is 7.44. The minimum absolute atomic E-state index is 0.0581. The number of nitrogens with one attached hydrogen (secondary N) is 1. The van der Waals surface area contributed by atoms with Crippen LogP contribution in [-0.2, 0) is 10.8 Å². The van der Waals surface area contributed by atoms with Gasteiger partial charge < -0.3 is 11.1 Å². The van der Waals surface area contributed by atoms with E-state index in [9.17, 15) is 9.00 Å². The fourth-order valence-electron chi connectivity index (χ4n) is 1.56. The summed E-state index contributed by atoms with van der Waals surface area (Å²) in [6.07, 6.45) is 2.33. The molecule has 0 spiro atoms. The van der Waals surface area contributed by atoms with Crippen LogP contribution in [0, 0.1) is 11.8 Å². The molecule has 0 bridgehead atoms. The molecule has 0 saturated heterocycles. The summed E-state index contributed by atoms with van der Waals surface area (Å²) in [4.78, 5) is 12.0. The zero-order valence-corrected chi connectivity index (χ0v) is 13.7. The van der Waals surface area contributed by atoms with E-state index in [1.54, 1.807) is 24.5 Å². The van der Waals surface area contributed by atoms with Crippen molar-refractivity contribution < 1.29 is 9.00 Å². The quantitative estimate of drug-likeness (QED) is 0.806. The van der Waals surface area contributed by atoms with Crippen LogP contribution in [0.5, 0.6) is 0 Å². The van der Waals surface area contributed by atoms with E-state index in [4.69, 9.17) is 17.3 Å².